The molecule has 0 aromatic carbocycles. The second-order valence-electron chi connectivity index (χ2n) is 8.69. The number of carbonyl (C=O) groups excluding carboxylic acids is 1. The molecule has 0 radical (unpaired) electrons. The highest BCUT2D eigenvalue weighted by Crippen LogP contribution is 2.56. The van der Waals surface area contributed by atoms with Gasteiger partial charge in [-0.3, -0.25) is 4.79 Å². The number of carbonyl (C=O) groups is 1. The summed E-state index contributed by atoms with van der Waals surface area (Å²) in [5.74, 6) is 0.515. The Bertz CT molecular complexity index is 510. The van der Waals surface area contributed by atoms with Crippen LogP contribution in [-0.2, 0) is 9.53 Å². The normalized spacial score (nSPS) is 39.6. The van der Waals surface area contributed by atoms with Gasteiger partial charge in [-0.05, 0) is 38.0 Å². The van der Waals surface area contributed by atoms with Crippen LogP contribution in [-0.4, -0.2) is 40.9 Å². The van der Waals surface area contributed by atoms with Crippen LogP contribution < -0.4 is 0 Å². The smallest absolute Gasteiger partial charge is 0.168 e. The Kier molecular flexibility index (Phi) is 6.58. The van der Waals surface area contributed by atoms with Gasteiger partial charge in [-0.25, -0.2) is 0 Å². The minimum Gasteiger partial charge on any atom is -0.393 e. The molecule has 0 heterocycles. The first kappa shape index (κ1) is 20.0. The Morgan fingerprint density at radius 3 is 2.65 bits per heavy atom. The third-order valence-corrected chi connectivity index (χ3v) is 7.29. The lowest BCUT2D eigenvalue weighted by Gasteiger charge is -2.58. The molecule has 0 aliphatic heterocycles. The van der Waals surface area contributed by atoms with E-state index in [1.807, 2.05) is 12.2 Å². The van der Waals surface area contributed by atoms with E-state index >= 15 is 0 Å². The fraction of sp³-hybridized carbons (Fsp3) is 0.864. The quantitative estimate of drug-likeness (QED) is 0.677. The van der Waals surface area contributed by atoms with Crippen molar-refractivity contribution in [2.24, 2.45) is 23.7 Å². The highest BCUT2D eigenvalue weighted by atomic mass is 16.5. The Balaban J connectivity index is 1.74. The number of Topliss-reactive ketones (excluding diaryl/α,β-unsaturated/α-hetero) is 1. The highest BCUT2D eigenvalue weighted by Gasteiger charge is 2.66. The molecule has 0 spiro atoms. The predicted molar refractivity (Wildman–Crippen MR) is 102 cm³/mol. The van der Waals surface area contributed by atoms with Crippen LogP contribution in [0.3, 0.4) is 0 Å². The third-order valence-electron chi connectivity index (χ3n) is 7.29. The molecular weight excluding hydrogens is 328 g/mol. The minimum atomic E-state index is -0.706. The van der Waals surface area contributed by atoms with Crippen LogP contribution in [0.1, 0.15) is 71.1 Å². The third kappa shape index (κ3) is 3.53. The van der Waals surface area contributed by atoms with Crippen LogP contribution >= 0.6 is 0 Å². The van der Waals surface area contributed by atoms with Crippen molar-refractivity contribution in [3.8, 4) is 0 Å². The number of hydrogen-bond acceptors (Lipinski definition) is 4. The van der Waals surface area contributed by atoms with Gasteiger partial charge < -0.3 is 14.9 Å². The monoisotopic (exact) mass is 364 g/mol. The maximum atomic E-state index is 12.8. The molecule has 0 saturated heterocycles. The molecule has 4 heteroatoms. The van der Waals surface area contributed by atoms with E-state index in [2.05, 4.69) is 6.92 Å². The van der Waals surface area contributed by atoms with Gasteiger partial charge in [0.15, 0.2) is 5.78 Å². The number of aliphatic hydroxyl groups excluding tert-OH is 2. The largest absolute Gasteiger partial charge is 0.393 e. The van der Waals surface area contributed by atoms with Gasteiger partial charge in [-0.2, -0.15) is 0 Å². The first-order valence-corrected chi connectivity index (χ1v) is 10.7. The molecular formula is C22H36O4. The zero-order chi connectivity index (χ0) is 18.7. The standard InChI is InChI=1S/C22H36O4/c1-3-4-10-17-20-16(11-12-18(23)15-8-6-5-7-9-15)19(24)13-14-22(20,26-2)21(17)25/h11-12,15-20,23-24H,3-10,13-14H2,1-2H3/b12-11+/t16-,17?,18-,19+,20-,22+/m1/s1. The lowest BCUT2D eigenvalue weighted by atomic mass is 9.49. The van der Waals surface area contributed by atoms with Crippen LogP contribution in [0.25, 0.3) is 0 Å². The van der Waals surface area contributed by atoms with Gasteiger partial charge in [0.2, 0.25) is 0 Å². The number of unbranched alkanes of at least 4 members (excludes halogenated alkanes) is 1. The molecule has 4 nitrogen and oxygen atoms in total. The van der Waals surface area contributed by atoms with E-state index in [1.54, 1.807) is 7.11 Å². The summed E-state index contributed by atoms with van der Waals surface area (Å²) < 4.78 is 5.74. The van der Waals surface area contributed by atoms with Gasteiger partial charge in [0, 0.05) is 24.9 Å². The van der Waals surface area contributed by atoms with Gasteiger partial charge in [-0.15, -0.1) is 0 Å². The maximum absolute atomic E-state index is 12.8. The van der Waals surface area contributed by atoms with E-state index in [0.717, 1.165) is 32.1 Å². The molecule has 3 rings (SSSR count). The molecule has 0 amide bonds. The van der Waals surface area contributed by atoms with Crippen molar-refractivity contribution in [2.45, 2.75) is 88.9 Å². The minimum absolute atomic E-state index is 0.00803. The van der Waals surface area contributed by atoms with Gasteiger partial charge >= 0.3 is 0 Å². The molecule has 3 saturated carbocycles. The zero-order valence-corrected chi connectivity index (χ0v) is 16.4. The van der Waals surface area contributed by atoms with Crippen molar-refractivity contribution in [1.82, 2.24) is 0 Å². The average molecular weight is 365 g/mol. The Morgan fingerprint density at radius 1 is 1.27 bits per heavy atom. The molecule has 3 aliphatic carbocycles. The number of fused-ring (bicyclic) bond motifs is 1. The van der Waals surface area contributed by atoms with Crippen LogP contribution in [0.4, 0.5) is 0 Å². The van der Waals surface area contributed by atoms with Crippen molar-refractivity contribution in [1.29, 1.82) is 0 Å². The molecule has 0 aromatic heterocycles. The summed E-state index contributed by atoms with van der Waals surface area (Å²) in [5.41, 5.74) is -0.706. The number of aliphatic hydroxyl groups is 2. The van der Waals surface area contributed by atoms with E-state index in [0.29, 0.717) is 18.8 Å². The van der Waals surface area contributed by atoms with E-state index < -0.39 is 17.8 Å². The van der Waals surface area contributed by atoms with E-state index in [1.165, 1.54) is 19.3 Å². The average Bonchev–Trinajstić information content (AvgIpc) is 2.68. The highest BCUT2D eigenvalue weighted by molar-refractivity contribution is 5.97. The summed E-state index contributed by atoms with van der Waals surface area (Å²) in [7, 11) is 1.64. The predicted octanol–water partition coefficient (Wildman–Crippen LogP) is 3.65. The fourth-order valence-corrected chi connectivity index (χ4v) is 5.73. The van der Waals surface area contributed by atoms with E-state index in [4.69, 9.17) is 4.74 Å². The summed E-state index contributed by atoms with van der Waals surface area (Å²) in [5, 5.41) is 21.2. The molecule has 0 aromatic rings. The number of hydrogen-bond donors (Lipinski definition) is 2. The first-order valence-electron chi connectivity index (χ1n) is 10.7. The molecule has 0 bridgehead atoms. The Hall–Kier alpha value is -0.710. The van der Waals surface area contributed by atoms with E-state index in [9.17, 15) is 15.0 Å². The molecule has 1 unspecified atom stereocenters. The van der Waals surface area contributed by atoms with Crippen LogP contribution in [0.2, 0.25) is 0 Å². The SMILES string of the molecule is CCCCC1C(=O)[C@]2(OC)CC[C@H](O)[C@@H](/C=C/[C@@H](O)C3CCCCC3)[C@H]12. The van der Waals surface area contributed by atoms with Crippen LogP contribution in [0.15, 0.2) is 12.2 Å². The lowest BCUT2D eigenvalue weighted by molar-refractivity contribution is -0.209. The van der Waals surface area contributed by atoms with Gasteiger partial charge in [0.05, 0.1) is 12.2 Å². The Labute approximate surface area is 158 Å². The lowest BCUT2D eigenvalue weighted by Crippen LogP contribution is -2.70. The van der Waals surface area contributed by atoms with Crippen LogP contribution in [0.5, 0.6) is 0 Å². The second-order valence-corrected chi connectivity index (χ2v) is 8.69. The first-order chi connectivity index (χ1) is 12.5. The molecule has 3 fully saturated rings. The van der Waals surface area contributed by atoms with Gasteiger partial charge in [0.1, 0.15) is 5.60 Å². The van der Waals surface area contributed by atoms with Crippen molar-refractivity contribution in [3.05, 3.63) is 12.2 Å². The summed E-state index contributed by atoms with van der Waals surface area (Å²) >= 11 is 0. The molecule has 6 atom stereocenters. The van der Waals surface area contributed by atoms with Crippen molar-refractivity contribution in [2.75, 3.05) is 7.11 Å². The number of ketones is 1. The summed E-state index contributed by atoms with van der Waals surface area (Å²) in [6, 6.07) is 0. The van der Waals surface area contributed by atoms with Crippen LogP contribution in [0, 0.1) is 23.7 Å². The molecule has 3 aliphatic rings. The number of ether oxygens (including phenoxy) is 1. The van der Waals surface area contributed by atoms with Crippen molar-refractivity contribution >= 4 is 5.78 Å². The molecule has 26 heavy (non-hydrogen) atoms. The van der Waals surface area contributed by atoms with E-state index in [-0.39, 0.29) is 23.5 Å². The summed E-state index contributed by atoms with van der Waals surface area (Å²) in [6.45, 7) is 2.14. The molecule has 148 valence electrons. The summed E-state index contributed by atoms with van der Waals surface area (Å²) in [6.07, 6.45) is 13.0. The second kappa shape index (κ2) is 8.53. The Morgan fingerprint density at radius 2 is 2.00 bits per heavy atom. The number of methoxy groups -OCH3 is 1. The van der Waals surface area contributed by atoms with Gasteiger partial charge in [-0.1, -0.05) is 51.2 Å². The maximum Gasteiger partial charge on any atom is 0.168 e. The topological polar surface area (TPSA) is 66.8 Å². The van der Waals surface area contributed by atoms with Crippen molar-refractivity contribution < 1.29 is 19.7 Å². The molecule has 2 N–H and O–H groups in total. The zero-order valence-electron chi connectivity index (χ0n) is 16.4. The summed E-state index contributed by atoms with van der Waals surface area (Å²) in [4.78, 5) is 12.8. The fourth-order valence-electron chi connectivity index (χ4n) is 5.73. The van der Waals surface area contributed by atoms with Crippen molar-refractivity contribution in [3.63, 3.8) is 0 Å². The van der Waals surface area contributed by atoms with Gasteiger partial charge in [0.25, 0.3) is 0 Å². The number of rotatable bonds is 7.